The lowest BCUT2D eigenvalue weighted by Gasteiger charge is -2.28. The van der Waals surface area contributed by atoms with E-state index in [0.29, 0.717) is 11.3 Å². The van der Waals surface area contributed by atoms with Gasteiger partial charge in [-0.2, -0.15) is 0 Å². The molecule has 1 heterocycles. The van der Waals surface area contributed by atoms with Gasteiger partial charge in [0.15, 0.2) is 0 Å². The number of rotatable bonds is 4. The molecule has 1 fully saturated rings. The van der Waals surface area contributed by atoms with Crippen LogP contribution in [0.5, 0.6) is 11.5 Å². The third-order valence-electron chi connectivity index (χ3n) is 4.22. The number of halogens is 1. The molecule has 1 aliphatic heterocycles. The number of phenols is 1. The van der Waals surface area contributed by atoms with Crippen LogP contribution < -0.4 is 9.64 Å². The number of hydrogen-bond acceptors (Lipinski definition) is 4. The fourth-order valence-corrected chi connectivity index (χ4v) is 3.39. The summed E-state index contributed by atoms with van der Waals surface area (Å²) >= 11 is 3.42. The van der Waals surface area contributed by atoms with Crippen molar-refractivity contribution in [1.29, 1.82) is 0 Å². The van der Waals surface area contributed by atoms with Gasteiger partial charge in [-0.3, -0.25) is 4.99 Å². The normalized spacial score (nSPS) is 15.0. The predicted molar refractivity (Wildman–Crippen MR) is 102 cm³/mol. The third kappa shape index (κ3) is 3.90. The average Bonchev–Trinajstić information content (AvgIpc) is 2.63. The lowest BCUT2D eigenvalue weighted by atomic mass is 10.1. The van der Waals surface area contributed by atoms with Crippen molar-refractivity contribution >= 4 is 33.5 Å². The molecule has 0 saturated carbocycles. The van der Waals surface area contributed by atoms with Crippen molar-refractivity contribution in [3.63, 3.8) is 0 Å². The zero-order valence-corrected chi connectivity index (χ0v) is 15.3. The first-order chi connectivity index (χ1) is 11.7. The Morgan fingerprint density at radius 1 is 1.12 bits per heavy atom. The largest absolute Gasteiger partial charge is 0.507 e. The van der Waals surface area contributed by atoms with Gasteiger partial charge in [0.05, 0.1) is 17.3 Å². The summed E-state index contributed by atoms with van der Waals surface area (Å²) in [6.45, 7) is 2.27. The maximum Gasteiger partial charge on any atom is 0.136 e. The van der Waals surface area contributed by atoms with Gasteiger partial charge in [-0.25, -0.2) is 0 Å². The Morgan fingerprint density at radius 2 is 1.83 bits per heavy atom. The van der Waals surface area contributed by atoms with Gasteiger partial charge >= 0.3 is 0 Å². The van der Waals surface area contributed by atoms with Crippen LogP contribution in [-0.2, 0) is 0 Å². The topological polar surface area (TPSA) is 45.1 Å². The Morgan fingerprint density at radius 3 is 2.50 bits per heavy atom. The predicted octanol–water partition coefficient (Wildman–Crippen LogP) is 4.90. The van der Waals surface area contributed by atoms with E-state index in [0.717, 1.165) is 23.2 Å². The molecule has 1 aliphatic rings. The summed E-state index contributed by atoms with van der Waals surface area (Å²) in [5.41, 5.74) is 2.76. The summed E-state index contributed by atoms with van der Waals surface area (Å²) in [6, 6.07) is 11.6. The molecule has 0 aliphatic carbocycles. The second kappa shape index (κ2) is 7.71. The highest BCUT2D eigenvalue weighted by Crippen LogP contribution is 2.31. The molecule has 0 bridgehead atoms. The van der Waals surface area contributed by atoms with Gasteiger partial charge in [-0.05, 0) is 65.5 Å². The highest BCUT2D eigenvalue weighted by atomic mass is 79.9. The first-order valence-corrected chi connectivity index (χ1v) is 8.92. The molecule has 3 rings (SSSR count). The number of hydrogen-bond donors (Lipinski definition) is 1. The molecule has 24 heavy (non-hydrogen) atoms. The van der Waals surface area contributed by atoms with E-state index in [2.05, 4.69) is 38.0 Å². The highest BCUT2D eigenvalue weighted by molar-refractivity contribution is 9.10. The van der Waals surface area contributed by atoms with E-state index in [1.807, 2.05) is 12.1 Å². The summed E-state index contributed by atoms with van der Waals surface area (Å²) in [6.07, 6.45) is 5.53. The summed E-state index contributed by atoms with van der Waals surface area (Å²) in [7, 11) is 1.57. The number of nitrogens with zero attached hydrogens (tertiary/aromatic N) is 2. The van der Waals surface area contributed by atoms with E-state index in [1.54, 1.807) is 25.5 Å². The van der Waals surface area contributed by atoms with Crippen molar-refractivity contribution in [2.45, 2.75) is 19.3 Å². The minimum Gasteiger partial charge on any atom is -0.507 e. The number of aliphatic imine (C=N–C) groups is 1. The third-order valence-corrected chi connectivity index (χ3v) is 4.84. The van der Waals surface area contributed by atoms with Crippen molar-refractivity contribution in [3.05, 3.63) is 46.4 Å². The lowest BCUT2D eigenvalue weighted by Crippen LogP contribution is -2.29. The summed E-state index contributed by atoms with van der Waals surface area (Å²) in [4.78, 5) is 6.88. The van der Waals surface area contributed by atoms with Gasteiger partial charge < -0.3 is 14.7 Å². The van der Waals surface area contributed by atoms with Crippen molar-refractivity contribution in [1.82, 2.24) is 0 Å². The second-order valence-electron chi connectivity index (χ2n) is 5.87. The molecule has 0 amide bonds. The fourth-order valence-electron chi connectivity index (χ4n) is 2.86. The van der Waals surface area contributed by atoms with Gasteiger partial charge in [0.2, 0.25) is 0 Å². The molecule has 4 nitrogen and oxygen atoms in total. The van der Waals surface area contributed by atoms with Gasteiger partial charge in [-0.15, -0.1) is 0 Å². The number of ether oxygens (including phenoxy) is 1. The van der Waals surface area contributed by atoms with Crippen LogP contribution in [0.1, 0.15) is 24.8 Å². The molecule has 1 saturated heterocycles. The number of anilines is 1. The number of piperidine rings is 1. The number of benzene rings is 2. The first-order valence-electron chi connectivity index (χ1n) is 8.13. The molecule has 126 valence electrons. The molecule has 5 heteroatoms. The van der Waals surface area contributed by atoms with Crippen LogP contribution in [0.3, 0.4) is 0 Å². The molecule has 0 unspecified atom stereocenters. The van der Waals surface area contributed by atoms with Crippen LogP contribution in [0.4, 0.5) is 11.4 Å². The standard InChI is InChI=1S/C19H21BrN2O2/c1-24-19-12-18(23)14(11-17(19)20)13-21-15-5-7-16(8-6-15)22-9-3-2-4-10-22/h5-8,11-13,23H,2-4,9-10H2,1H3. The van der Waals surface area contributed by atoms with Crippen molar-refractivity contribution < 1.29 is 9.84 Å². The monoisotopic (exact) mass is 388 g/mol. The average molecular weight is 389 g/mol. The molecular formula is C19H21BrN2O2. The Hall–Kier alpha value is -2.01. The molecule has 0 atom stereocenters. The van der Waals surface area contributed by atoms with Gasteiger partial charge in [-0.1, -0.05) is 0 Å². The van der Waals surface area contributed by atoms with E-state index >= 15 is 0 Å². The van der Waals surface area contributed by atoms with Gasteiger partial charge in [0.1, 0.15) is 11.5 Å². The number of aromatic hydroxyl groups is 1. The zero-order valence-electron chi connectivity index (χ0n) is 13.7. The van der Waals surface area contributed by atoms with Crippen molar-refractivity contribution in [3.8, 4) is 11.5 Å². The van der Waals surface area contributed by atoms with Gasteiger partial charge in [0.25, 0.3) is 0 Å². The zero-order chi connectivity index (χ0) is 16.9. The fraction of sp³-hybridized carbons (Fsp3) is 0.316. The first kappa shape index (κ1) is 16.8. The molecule has 0 radical (unpaired) electrons. The number of methoxy groups -OCH3 is 1. The molecule has 2 aromatic rings. The van der Waals surface area contributed by atoms with Crippen LogP contribution in [0, 0.1) is 0 Å². The second-order valence-corrected chi connectivity index (χ2v) is 6.72. The summed E-state index contributed by atoms with van der Waals surface area (Å²) < 4.78 is 5.94. The van der Waals surface area contributed by atoms with Crippen LogP contribution in [0.25, 0.3) is 0 Å². The minimum atomic E-state index is 0.142. The molecule has 0 aromatic heterocycles. The number of phenolic OH excluding ortho intramolecular Hbond substituents is 1. The van der Waals surface area contributed by atoms with E-state index in [1.165, 1.54) is 24.9 Å². The van der Waals surface area contributed by atoms with Crippen LogP contribution in [0.15, 0.2) is 45.9 Å². The minimum absolute atomic E-state index is 0.142. The summed E-state index contributed by atoms with van der Waals surface area (Å²) in [5.74, 6) is 0.735. The smallest absolute Gasteiger partial charge is 0.136 e. The van der Waals surface area contributed by atoms with Crippen LogP contribution in [-0.4, -0.2) is 31.5 Å². The van der Waals surface area contributed by atoms with Crippen molar-refractivity contribution in [2.24, 2.45) is 4.99 Å². The molecule has 1 N–H and O–H groups in total. The van der Waals surface area contributed by atoms with Crippen LogP contribution in [0.2, 0.25) is 0 Å². The Labute approximate surface area is 150 Å². The van der Waals surface area contributed by atoms with Crippen molar-refractivity contribution in [2.75, 3.05) is 25.1 Å². The van der Waals surface area contributed by atoms with E-state index in [4.69, 9.17) is 4.74 Å². The molecule has 2 aromatic carbocycles. The maximum atomic E-state index is 10.0. The van der Waals surface area contributed by atoms with E-state index < -0.39 is 0 Å². The lowest BCUT2D eigenvalue weighted by molar-refractivity contribution is 0.405. The van der Waals surface area contributed by atoms with Crippen LogP contribution >= 0.6 is 15.9 Å². The summed E-state index contributed by atoms with van der Waals surface area (Å²) in [5, 5.41) is 10.0. The Bertz CT molecular complexity index is 723. The Balaban J connectivity index is 1.74. The highest BCUT2D eigenvalue weighted by Gasteiger charge is 2.10. The Kier molecular flexibility index (Phi) is 5.41. The maximum absolute atomic E-state index is 10.0. The SMILES string of the molecule is COc1cc(O)c(C=Nc2ccc(N3CCCCC3)cc2)cc1Br. The van der Waals surface area contributed by atoms with Gasteiger partial charge in [0, 0.05) is 36.6 Å². The molecule has 0 spiro atoms. The molecular weight excluding hydrogens is 368 g/mol. The van der Waals surface area contributed by atoms with E-state index in [-0.39, 0.29) is 5.75 Å². The van der Waals surface area contributed by atoms with E-state index in [9.17, 15) is 5.11 Å². The quantitative estimate of drug-likeness (QED) is 0.757.